The molecule has 4 rings (SSSR count). The van der Waals surface area contributed by atoms with Gasteiger partial charge < -0.3 is 4.90 Å². The molecule has 0 atom stereocenters. The van der Waals surface area contributed by atoms with Gasteiger partial charge in [0.25, 0.3) is 5.91 Å². The molecule has 1 aliphatic rings. The predicted molar refractivity (Wildman–Crippen MR) is 113 cm³/mol. The third-order valence-electron chi connectivity index (χ3n) is 5.86. The van der Waals surface area contributed by atoms with Gasteiger partial charge in [-0.3, -0.25) is 9.78 Å². The number of pyridine rings is 1. The molecule has 31 heavy (non-hydrogen) atoms. The molecule has 0 radical (unpaired) electrons. The Morgan fingerprint density at radius 3 is 2.58 bits per heavy atom. The molecule has 0 saturated carbocycles. The summed E-state index contributed by atoms with van der Waals surface area (Å²) in [6.07, 6.45) is 6.46. The molecule has 156 valence electrons. The van der Waals surface area contributed by atoms with Gasteiger partial charge in [0.15, 0.2) is 0 Å². The minimum absolute atomic E-state index is 0.116. The highest BCUT2D eigenvalue weighted by Gasteiger charge is 2.37. The molecule has 3 heterocycles. The van der Waals surface area contributed by atoms with E-state index in [1.165, 1.54) is 18.5 Å². The fraction of sp³-hybridized carbons (Fsp3) is 0.292. The van der Waals surface area contributed by atoms with Gasteiger partial charge in [-0.2, -0.15) is 5.26 Å². The fourth-order valence-electron chi connectivity index (χ4n) is 4.04. The van der Waals surface area contributed by atoms with Gasteiger partial charge >= 0.3 is 0 Å². The van der Waals surface area contributed by atoms with Gasteiger partial charge in [0.2, 0.25) is 0 Å². The number of benzene rings is 1. The Morgan fingerprint density at radius 2 is 1.90 bits per heavy atom. The number of likely N-dealkylation sites (tertiary alicyclic amines) is 1. The number of amides is 1. The third kappa shape index (κ3) is 4.29. The van der Waals surface area contributed by atoms with E-state index in [2.05, 4.69) is 21.0 Å². The van der Waals surface area contributed by atoms with Crippen LogP contribution in [0.3, 0.4) is 0 Å². The highest BCUT2D eigenvalue weighted by atomic mass is 19.1. The summed E-state index contributed by atoms with van der Waals surface area (Å²) in [4.78, 5) is 27.8. The SMILES string of the molecule is Cc1cncnc1-c1ncccc1C(=O)N1CCC(C#N)(Cc2ccc(F)cc2)CC1. The second-order valence-corrected chi connectivity index (χ2v) is 7.94. The summed E-state index contributed by atoms with van der Waals surface area (Å²) in [6.45, 7) is 2.84. The summed E-state index contributed by atoms with van der Waals surface area (Å²) >= 11 is 0. The summed E-state index contributed by atoms with van der Waals surface area (Å²) in [5, 5.41) is 9.87. The van der Waals surface area contributed by atoms with Crippen molar-refractivity contribution in [3.8, 4) is 17.5 Å². The molecule has 6 nitrogen and oxygen atoms in total. The Hall–Kier alpha value is -3.66. The van der Waals surface area contributed by atoms with E-state index in [4.69, 9.17) is 0 Å². The smallest absolute Gasteiger partial charge is 0.256 e. The molecule has 0 N–H and O–H groups in total. The third-order valence-corrected chi connectivity index (χ3v) is 5.86. The van der Waals surface area contributed by atoms with Gasteiger partial charge in [-0.25, -0.2) is 14.4 Å². The number of carbonyl (C=O) groups excluding carboxylic acids is 1. The molecule has 0 spiro atoms. The topological polar surface area (TPSA) is 82.8 Å². The average molecular weight is 415 g/mol. The summed E-state index contributed by atoms with van der Waals surface area (Å²) in [5.41, 5.74) is 2.88. The van der Waals surface area contributed by atoms with Crippen molar-refractivity contribution < 1.29 is 9.18 Å². The fourth-order valence-corrected chi connectivity index (χ4v) is 4.04. The van der Waals surface area contributed by atoms with Gasteiger partial charge in [-0.05, 0) is 61.6 Å². The lowest BCUT2D eigenvalue weighted by molar-refractivity contribution is 0.0647. The quantitative estimate of drug-likeness (QED) is 0.644. The number of hydrogen-bond acceptors (Lipinski definition) is 5. The first-order valence-electron chi connectivity index (χ1n) is 10.2. The van der Waals surface area contributed by atoms with E-state index in [1.807, 2.05) is 6.92 Å². The zero-order chi connectivity index (χ0) is 21.8. The predicted octanol–water partition coefficient (Wildman–Crippen LogP) is 3.97. The monoisotopic (exact) mass is 415 g/mol. The molecule has 0 aliphatic carbocycles. The van der Waals surface area contributed by atoms with E-state index in [0.717, 1.165) is 11.1 Å². The first-order chi connectivity index (χ1) is 15.0. The molecule has 0 bridgehead atoms. The van der Waals surface area contributed by atoms with Crippen LogP contribution in [0.2, 0.25) is 0 Å². The number of piperidine rings is 1. The van der Waals surface area contributed by atoms with Crippen molar-refractivity contribution in [3.05, 3.63) is 77.6 Å². The summed E-state index contributed by atoms with van der Waals surface area (Å²) < 4.78 is 13.2. The first kappa shape index (κ1) is 20.6. The van der Waals surface area contributed by atoms with Crippen LogP contribution in [0.15, 0.2) is 55.1 Å². The molecule has 1 saturated heterocycles. The minimum Gasteiger partial charge on any atom is -0.338 e. The van der Waals surface area contributed by atoms with Crippen molar-refractivity contribution >= 4 is 5.91 Å². The van der Waals surface area contributed by atoms with Crippen LogP contribution >= 0.6 is 0 Å². The number of hydrogen-bond donors (Lipinski definition) is 0. The van der Waals surface area contributed by atoms with Crippen LogP contribution in [0.5, 0.6) is 0 Å². The van der Waals surface area contributed by atoms with E-state index in [9.17, 15) is 14.4 Å². The van der Waals surface area contributed by atoms with Crippen LogP contribution in [0.4, 0.5) is 4.39 Å². The Morgan fingerprint density at radius 1 is 1.16 bits per heavy atom. The molecule has 1 amide bonds. The second-order valence-electron chi connectivity index (χ2n) is 7.94. The van der Waals surface area contributed by atoms with Gasteiger partial charge in [0, 0.05) is 25.5 Å². The van der Waals surface area contributed by atoms with Crippen LogP contribution in [0.25, 0.3) is 11.4 Å². The number of nitriles is 1. The molecular formula is C24H22FN5O. The number of nitrogens with zero attached hydrogens (tertiary/aromatic N) is 5. The molecule has 1 fully saturated rings. The van der Waals surface area contributed by atoms with Crippen LogP contribution in [-0.2, 0) is 6.42 Å². The number of aryl methyl sites for hydroxylation is 1. The van der Waals surface area contributed by atoms with Crippen LogP contribution in [0.1, 0.15) is 34.3 Å². The molecule has 7 heteroatoms. The number of halogens is 1. The van der Waals surface area contributed by atoms with Crippen molar-refractivity contribution in [1.29, 1.82) is 5.26 Å². The Bertz CT molecular complexity index is 1130. The lowest BCUT2D eigenvalue weighted by atomic mass is 9.75. The number of carbonyl (C=O) groups is 1. The zero-order valence-electron chi connectivity index (χ0n) is 17.3. The molecular weight excluding hydrogens is 393 g/mol. The van der Waals surface area contributed by atoms with Crippen molar-refractivity contribution in [2.75, 3.05) is 13.1 Å². The number of aromatic nitrogens is 3. The summed E-state index contributed by atoms with van der Waals surface area (Å²) in [5.74, 6) is -0.407. The van der Waals surface area contributed by atoms with E-state index >= 15 is 0 Å². The normalized spacial score (nSPS) is 15.3. The maximum atomic E-state index is 13.3. The van der Waals surface area contributed by atoms with E-state index in [0.29, 0.717) is 49.3 Å². The lowest BCUT2D eigenvalue weighted by Crippen LogP contribution is -2.43. The highest BCUT2D eigenvalue weighted by molar-refractivity contribution is 5.99. The van der Waals surface area contributed by atoms with Gasteiger partial charge in [0.05, 0.1) is 22.7 Å². The summed E-state index contributed by atoms with van der Waals surface area (Å²) in [7, 11) is 0. The molecule has 2 aromatic heterocycles. The molecule has 1 aromatic carbocycles. The second kappa shape index (κ2) is 8.60. The van der Waals surface area contributed by atoms with Crippen LogP contribution < -0.4 is 0 Å². The van der Waals surface area contributed by atoms with E-state index in [1.54, 1.807) is 41.6 Å². The van der Waals surface area contributed by atoms with Crippen LogP contribution in [-0.4, -0.2) is 38.8 Å². The highest BCUT2D eigenvalue weighted by Crippen LogP contribution is 2.35. The Balaban J connectivity index is 1.52. The van der Waals surface area contributed by atoms with Crippen LogP contribution in [0, 0.1) is 29.5 Å². The van der Waals surface area contributed by atoms with Crippen molar-refractivity contribution in [2.45, 2.75) is 26.2 Å². The standard InChI is InChI=1S/C24H22FN5O/c1-17-14-27-16-29-21(17)22-20(3-2-10-28-22)23(31)30-11-8-24(15-26,9-12-30)13-18-4-6-19(25)7-5-18/h2-7,10,14,16H,8-9,11-13H2,1H3. The van der Waals surface area contributed by atoms with Crippen molar-refractivity contribution in [2.24, 2.45) is 5.41 Å². The first-order valence-corrected chi connectivity index (χ1v) is 10.2. The van der Waals surface area contributed by atoms with E-state index < -0.39 is 5.41 Å². The minimum atomic E-state index is -0.560. The van der Waals surface area contributed by atoms with E-state index in [-0.39, 0.29) is 11.7 Å². The average Bonchev–Trinajstić information content (AvgIpc) is 2.81. The Kier molecular flexibility index (Phi) is 5.72. The largest absolute Gasteiger partial charge is 0.338 e. The molecule has 0 unspecified atom stereocenters. The molecule has 1 aliphatic heterocycles. The maximum Gasteiger partial charge on any atom is 0.256 e. The van der Waals surface area contributed by atoms with Gasteiger partial charge in [-0.1, -0.05) is 12.1 Å². The number of rotatable bonds is 4. The van der Waals surface area contributed by atoms with Crippen molar-refractivity contribution in [1.82, 2.24) is 19.9 Å². The summed E-state index contributed by atoms with van der Waals surface area (Å²) in [6, 6.07) is 12.2. The van der Waals surface area contributed by atoms with Crippen molar-refractivity contribution in [3.63, 3.8) is 0 Å². The molecule has 3 aromatic rings. The van der Waals surface area contributed by atoms with Gasteiger partial charge in [0.1, 0.15) is 17.8 Å². The lowest BCUT2D eigenvalue weighted by Gasteiger charge is -2.37. The maximum absolute atomic E-state index is 13.3. The van der Waals surface area contributed by atoms with Gasteiger partial charge in [-0.15, -0.1) is 0 Å². The Labute approximate surface area is 180 Å². The zero-order valence-corrected chi connectivity index (χ0v) is 17.3.